The molecule has 2 aromatic heterocycles. The van der Waals surface area contributed by atoms with Crippen LogP contribution in [0.5, 0.6) is 5.75 Å². The molecule has 6 rings (SSSR count). The first-order valence-electron chi connectivity index (χ1n) is 13.9. The smallest absolute Gasteiger partial charge is 0.255 e. The van der Waals surface area contributed by atoms with E-state index in [0.29, 0.717) is 17.8 Å². The molecule has 1 amide bonds. The molecule has 0 radical (unpaired) electrons. The molecule has 3 aromatic carbocycles. The maximum absolute atomic E-state index is 13.1. The third-order valence-corrected chi connectivity index (χ3v) is 7.97. The normalized spacial score (nSPS) is 13.3. The van der Waals surface area contributed by atoms with Crippen molar-refractivity contribution in [3.8, 4) is 22.9 Å². The molecule has 42 heavy (non-hydrogen) atoms. The summed E-state index contributed by atoms with van der Waals surface area (Å²) >= 11 is 0. The van der Waals surface area contributed by atoms with E-state index >= 15 is 0 Å². The Balaban J connectivity index is 1.20. The number of methoxy groups -OCH3 is 1. The average molecular weight is 554 g/mol. The maximum atomic E-state index is 13.1. The predicted molar refractivity (Wildman–Crippen MR) is 166 cm³/mol. The van der Waals surface area contributed by atoms with Crippen molar-refractivity contribution in [3.05, 3.63) is 114 Å². The van der Waals surface area contributed by atoms with Crippen molar-refractivity contribution in [2.45, 2.75) is 31.7 Å². The highest BCUT2D eigenvalue weighted by Gasteiger charge is 2.45. The lowest BCUT2D eigenvalue weighted by molar-refractivity contribution is 0.102. The lowest BCUT2D eigenvalue weighted by atomic mass is 9.95. The molecule has 1 saturated carbocycles. The fraction of sp³-hybridized carbons (Fsp3) is 0.200. The Morgan fingerprint density at radius 1 is 1.02 bits per heavy atom. The lowest BCUT2D eigenvalue weighted by Crippen LogP contribution is -2.17. The summed E-state index contributed by atoms with van der Waals surface area (Å²) in [5.74, 6) is 1.47. The van der Waals surface area contributed by atoms with Crippen molar-refractivity contribution >= 4 is 28.3 Å². The molecule has 0 spiro atoms. The van der Waals surface area contributed by atoms with Crippen molar-refractivity contribution in [2.75, 3.05) is 24.4 Å². The van der Waals surface area contributed by atoms with Gasteiger partial charge in [0.2, 0.25) is 0 Å². The fourth-order valence-electron chi connectivity index (χ4n) is 5.22. The number of carbonyl (C=O) groups excluding carboxylic acids is 1. The molecule has 0 unspecified atom stereocenters. The van der Waals surface area contributed by atoms with Gasteiger partial charge in [-0.05, 0) is 84.5 Å². The van der Waals surface area contributed by atoms with Crippen molar-refractivity contribution in [2.24, 2.45) is 0 Å². The molecule has 0 aliphatic heterocycles. The highest BCUT2D eigenvalue weighted by molar-refractivity contribution is 6.04. The van der Waals surface area contributed by atoms with Gasteiger partial charge in [-0.15, -0.1) is 0 Å². The molecule has 1 aliphatic rings. The van der Waals surface area contributed by atoms with Crippen molar-refractivity contribution in [1.29, 1.82) is 5.26 Å². The number of hydrogen-bond donors (Lipinski definition) is 1. The highest BCUT2D eigenvalue weighted by atomic mass is 16.5. The summed E-state index contributed by atoms with van der Waals surface area (Å²) in [6, 6.07) is 27.8. The van der Waals surface area contributed by atoms with Gasteiger partial charge < -0.3 is 15.0 Å². The van der Waals surface area contributed by atoms with Crippen LogP contribution in [0.2, 0.25) is 0 Å². The third-order valence-electron chi connectivity index (χ3n) is 7.97. The summed E-state index contributed by atoms with van der Waals surface area (Å²) in [7, 11) is 3.68. The number of ether oxygens (including phenoxy) is 1. The van der Waals surface area contributed by atoms with Crippen LogP contribution in [0.1, 0.15) is 39.9 Å². The molecule has 208 valence electrons. The Morgan fingerprint density at radius 3 is 2.57 bits per heavy atom. The van der Waals surface area contributed by atoms with Gasteiger partial charge in [0.15, 0.2) is 0 Å². The summed E-state index contributed by atoms with van der Waals surface area (Å²) in [5.41, 5.74) is 6.74. The van der Waals surface area contributed by atoms with Crippen LogP contribution in [0, 0.1) is 18.3 Å². The summed E-state index contributed by atoms with van der Waals surface area (Å²) in [5, 5.41) is 13.5. The molecule has 1 fully saturated rings. The number of nitrogens with zero attached hydrogens (tertiary/aromatic N) is 4. The van der Waals surface area contributed by atoms with E-state index in [1.807, 2.05) is 81.0 Å². The standard InChI is InChI=1S/C35H31N5O2/c1-23-7-10-29(39-34(41)25-5-4-6-28(16-25)35(22-36)13-14-35)17-31(23)26-15-27-20-38-33(18-32(27)37-19-26)40(2)21-24-8-11-30(42-3)12-9-24/h4-12,15-20H,13-14,21H2,1-3H3,(H,39,41). The number of pyridine rings is 2. The topological polar surface area (TPSA) is 91.1 Å². The van der Waals surface area contributed by atoms with Gasteiger partial charge in [-0.3, -0.25) is 9.78 Å². The van der Waals surface area contributed by atoms with Gasteiger partial charge in [-0.1, -0.05) is 30.3 Å². The van der Waals surface area contributed by atoms with E-state index in [9.17, 15) is 10.1 Å². The Morgan fingerprint density at radius 2 is 1.83 bits per heavy atom. The number of aromatic nitrogens is 2. The van der Waals surface area contributed by atoms with E-state index < -0.39 is 5.41 Å². The van der Waals surface area contributed by atoms with Crippen LogP contribution < -0.4 is 15.0 Å². The largest absolute Gasteiger partial charge is 0.497 e. The van der Waals surface area contributed by atoms with Gasteiger partial charge in [-0.25, -0.2) is 4.98 Å². The second-order valence-corrected chi connectivity index (χ2v) is 10.9. The molecule has 2 heterocycles. The summed E-state index contributed by atoms with van der Waals surface area (Å²) in [6.07, 6.45) is 5.40. The van der Waals surface area contributed by atoms with E-state index in [4.69, 9.17) is 14.7 Å². The quantitative estimate of drug-likeness (QED) is 0.221. The SMILES string of the molecule is COc1ccc(CN(C)c2cc3ncc(-c4cc(NC(=O)c5cccc(C6(C#N)CC6)c5)ccc4C)cc3cn2)cc1. The number of carbonyl (C=O) groups is 1. The number of nitrogens with one attached hydrogen (secondary N) is 1. The molecule has 1 aliphatic carbocycles. The number of rotatable bonds is 8. The molecular formula is C35H31N5O2. The Kier molecular flexibility index (Phi) is 7.05. The van der Waals surface area contributed by atoms with Crippen LogP contribution in [0.15, 0.2) is 91.3 Å². The number of fused-ring (bicyclic) bond motifs is 1. The Bertz CT molecular complexity index is 1840. The van der Waals surface area contributed by atoms with E-state index in [1.165, 1.54) is 0 Å². The van der Waals surface area contributed by atoms with Crippen LogP contribution in [0.3, 0.4) is 0 Å². The summed E-state index contributed by atoms with van der Waals surface area (Å²) < 4.78 is 5.26. The predicted octanol–water partition coefficient (Wildman–Crippen LogP) is 7.06. The number of benzene rings is 3. The van der Waals surface area contributed by atoms with E-state index in [-0.39, 0.29) is 5.91 Å². The van der Waals surface area contributed by atoms with Crippen LogP contribution in [0.4, 0.5) is 11.5 Å². The van der Waals surface area contributed by atoms with Crippen LogP contribution in [0.25, 0.3) is 22.0 Å². The lowest BCUT2D eigenvalue weighted by Gasteiger charge is -2.19. The first-order valence-corrected chi connectivity index (χ1v) is 13.9. The molecular weight excluding hydrogens is 522 g/mol. The zero-order valence-corrected chi connectivity index (χ0v) is 23.9. The van der Waals surface area contributed by atoms with Gasteiger partial charge in [-0.2, -0.15) is 5.26 Å². The first-order chi connectivity index (χ1) is 20.4. The number of anilines is 2. The molecule has 7 heteroatoms. The van der Waals surface area contributed by atoms with E-state index in [1.54, 1.807) is 13.2 Å². The van der Waals surface area contributed by atoms with Crippen molar-refractivity contribution < 1.29 is 9.53 Å². The molecule has 1 N–H and O–H groups in total. The van der Waals surface area contributed by atoms with Gasteiger partial charge in [0.25, 0.3) is 5.91 Å². The molecule has 0 bridgehead atoms. The van der Waals surface area contributed by atoms with E-state index in [2.05, 4.69) is 34.5 Å². The molecule has 0 saturated heterocycles. The average Bonchev–Trinajstić information content (AvgIpc) is 3.83. The molecule has 5 aromatic rings. The number of aryl methyl sites for hydroxylation is 1. The zero-order chi connectivity index (χ0) is 29.3. The van der Waals surface area contributed by atoms with Crippen LogP contribution >= 0.6 is 0 Å². The minimum Gasteiger partial charge on any atom is -0.497 e. The Labute approximate surface area is 245 Å². The third kappa shape index (κ3) is 5.39. The van der Waals surface area contributed by atoms with Crippen LogP contribution in [-0.2, 0) is 12.0 Å². The Hall–Kier alpha value is -5.22. The zero-order valence-electron chi connectivity index (χ0n) is 23.9. The fourth-order valence-corrected chi connectivity index (χ4v) is 5.22. The maximum Gasteiger partial charge on any atom is 0.255 e. The van der Waals surface area contributed by atoms with E-state index in [0.717, 1.165) is 63.1 Å². The minimum atomic E-state index is -0.433. The second-order valence-electron chi connectivity index (χ2n) is 10.9. The van der Waals surface area contributed by atoms with Crippen molar-refractivity contribution in [3.63, 3.8) is 0 Å². The minimum absolute atomic E-state index is 0.201. The summed E-state index contributed by atoms with van der Waals surface area (Å²) in [6.45, 7) is 2.75. The molecule has 0 atom stereocenters. The summed E-state index contributed by atoms with van der Waals surface area (Å²) in [4.78, 5) is 24.7. The van der Waals surface area contributed by atoms with Gasteiger partial charge >= 0.3 is 0 Å². The number of amides is 1. The second kappa shape index (κ2) is 11.0. The van der Waals surface area contributed by atoms with Gasteiger partial charge in [0.05, 0.1) is 24.1 Å². The van der Waals surface area contributed by atoms with Crippen LogP contribution in [-0.4, -0.2) is 30.0 Å². The highest BCUT2D eigenvalue weighted by Crippen LogP contribution is 2.47. The van der Waals surface area contributed by atoms with Gasteiger partial charge in [0.1, 0.15) is 11.6 Å². The monoisotopic (exact) mass is 553 g/mol. The number of hydrogen-bond acceptors (Lipinski definition) is 6. The van der Waals surface area contributed by atoms with Gasteiger partial charge in [0, 0.05) is 54.3 Å². The van der Waals surface area contributed by atoms with Crippen molar-refractivity contribution in [1.82, 2.24) is 9.97 Å². The first kappa shape index (κ1) is 27.0. The number of nitriles is 1. The molecule has 7 nitrogen and oxygen atoms in total.